The van der Waals surface area contributed by atoms with Crippen molar-refractivity contribution in [3.63, 3.8) is 0 Å². The molecule has 0 aromatic heterocycles. The zero-order valence-electron chi connectivity index (χ0n) is 14.0. The molecule has 0 aromatic rings. The van der Waals surface area contributed by atoms with Crippen molar-refractivity contribution in [2.45, 2.75) is 58.4 Å². The Labute approximate surface area is 125 Å². The van der Waals surface area contributed by atoms with Crippen LogP contribution in [0.4, 0.5) is 0 Å². The topological polar surface area (TPSA) is 38.5 Å². The Morgan fingerprint density at radius 3 is 2.50 bits per heavy atom. The van der Waals surface area contributed by atoms with Gasteiger partial charge in [0.05, 0.1) is 6.61 Å². The summed E-state index contributed by atoms with van der Waals surface area (Å²) in [5.41, 5.74) is 6.85. The van der Waals surface area contributed by atoms with Crippen LogP contribution in [0, 0.1) is 17.3 Å². The molecule has 2 N–H and O–H groups in total. The van der Waals surface area contributed by atoms with E-state index in [0.29, 0.717) is 11.3 Å². The number of hydrogen-bond acceptors (Lipinski definition) is 3. The van der Waals surface area contributed by atoms with Gasteiger partial charge in [0.15, 0.2) is 0 Å². The monoisotopic (exact) mass is 282 g/mol. The van der Waals surface area contributed by atoms with Crippen LogP contribution in [0.1, 0.15) is 52.9 Å². The molecule has 2 saturated carbocycles. The Bertz CT molecular complexity index is 314. The molecule has 118 valence electrons. The highest BCUT2D eigenvalue weighted by Crippen LogP contribution is 2.45. The van der Waals surface area contributed by atoms with E-state index in [2.05, 4.69) is 32.7 Å². The summed E-state index contributed by atoms with van der Waals surface area (Å²) in [6.45, 7) is 10.8. The molecule has 0 saturated heterocycles. The molecule has 0 spiro atoms. The van der Waals surface area contributed by atoms with E-state index in [0.717, 1.165) is 32.2 Å². The fourth-order valence-corrected chi connectivity index (χ4v) is 3.91. The average Bonchev–Trinajstić information content (AvgIpc) is 3.18. The van der Waals surface area contributed by atoms with E-state index in [1.807, 2.05) is 0 Å². The molecule has 0 amide bonds. The van der Waals surface area contributed by atoms with E-state index in [1.54, 1.807) is 0 Å². The lowest BCUT2D eigenvalue weighted by Crippen LogP contribution is -2.60. The van der Waals surface area contributed by atoms with E-state index in [1.165, 1.54) is 32.1 Å². The molecule has 0 radical (unpaired) electrons. The van der Waals surface area contributed by atoms with Crippen LogP contribution in [0.25, 0.3) is 0 Å². The highest BCUT2D eigenvalue weighted by Gasteiger charge is 2.45. The van der Waals surface area contributed by atoms with Crippen LogP contribution in [0.3, 0.4) is 0 Å². The molecular formula is C17H34N2O. The van der Waals surface area contributed by atoms with Crippen LogP contribution in [0.2, 0.25) is 0 Å². The van der Waals surface area contributed by atoms with E-state index >= 15 is 0 Å². The van der Waals surface area contributed by atoms with Crippen molar-refractivity contribution in [3.05, 3.63) is 0 Å². The van der Waals surface area contributed by atoms with Gasteiger partial charge in [0.2, 0.25) is 0 Å². The first kappa shape index (κ1) is 16.3. The van der Waals surface area contributed by atoms with Crippen molar-refractivity contribution >= 4 is 0 Å². The summed E-state index contributed by atoms with van der Waals surface area (Å²) in [6, 6.07) is 0. The molecule has 2 fully saturated rings. The van der Waals surface area contributed by atoms with Gasteiger partial charge in [-0.2, -0.15) is 0 Å². The van der Waals surface area contributed by atoms with Gasteiger partial charge in [-0.1, -0.05) is 20.8 Å². The summed E-state index contributed by atoms with van der Waals surface area (Å²) >= 11 is 0. The zero-order chi connectivity index (χ0) is 14.8. The predicted molar refractivity (Wildman–Crippen MR) is 84.8 cm³/mol. The summed E-state index contributed by atoms with van der Waals surface area (Å²) in [6.07, 6.45) is 6.51. The molecule has 2 atom stereocenters. The van der Waals surface area contributed by atoms with Gasteiger partial charge in [-0.15, -0.1) is 0 Å². The average molecular weight is 282 g/mol. The molecule has 0 bridgehead atoms. The van der Waals surface area contributed by atoms with Crippen molar-refractivity contribution in [1.29, 1.82) is 0 Å². The standard InChI is InChI=1S/C17H34N2O/c1-14-11-16(2,3)7-8-17(14,13-18)19(4)9-10-20-12-15-5-6-15/h14-15H,5-13,18H2,1-4H3. The van der Waals surface area contributed by atoms with Gasteiger partial charge in [0, 0.05) is 25.2 Å². The Morgan fingerprint density at radius 2 is 1.95 bits per heavy atom. The number of ether oxygens (including phenoxy) is 1. The Morgan fingerprint density at radius 1 is 1.25 bits per heavy atom. The first-order chi connectivity index (χ1) is 9.39. The number of hydrogen-bond donors (Lipinski definition) is 1. The minimum absolute atomic E-state index is 0.179. The zero-order valence-corrected chi connectivity index (χ0v) is 14.0. The maximum atomic E-state index is 6.20. The minimum Gasteiger partial charge on any atom is -0.380 e. The third kappa shape index (κ3) is 3.75. The number of rotatable bonds is 7. The highest BCUT2D eigenvalue weighted by atomic mass is 16.5. The number of nitrogens with two attached hydrogens (primary N) is 1. The third-order valence-corrected chi connectivity index (χ3v) is 5.75. The Hall–Kier alpha value is -0.120. The molecule has 2 aliphatic carbocycles. The first-order valence-electron chi connectivity index (χ1n) is 8.39. The summed E-state index contributed by atoms with van der Waals surface area (Å²) in [7, 11) is 2.24. The molecule has 2 aliphatic rings. The van der Waals surface area contributed by atoms with E-state index < -0.39 is 0 Å². The summed E-state index contributed by atoms with van der Waals surface area (Å²) in [5, 5.41) is 0. The molecule has 0 heterocycles. The second-order valence-corrected chi connectivity index (χ2v) is 8.02. The first-order valence-corrected chi connectivity index (χ1v) is 8.39. The smallest absolute Gasteiger partial charge is 0.0593 e. The molecule has 0 aliphatic heterocycles. The molecule has 0 aromatic carbocycles. The van der Waals surface area contributed by atoms with Crippen LogP contribution >= 0.6 is 0 Å². The van der Waals surface area contributed by atoms with Crippen molar-refractivity contribution in [3.8, 4) is 0 Å². The van der Waals surface area contributed by atoms with Crippen LogP contribution < -0.4 is 5.73 Å². The molecule has 3 heteroatoms. The Balaban J connectivity index is 1.84. The Kier molecular flexibility index (Phi) is 5.14. The van der Waals surface area contributed by atoms with Gasteiger partial charge in [0.25, 0.3) is 0 Å². The second kappa shape index (κ2) is 6.33. The second-order valence-electron chi connectivity index (χ2n) is 8.02. The fourth-order valence-electron chi connectivity index (χ4n) is 3.91. The highest BCUT2D eigenvalue weighted by molar-refractivity contribution is 5.01. The van der Waals surface area contributed by atoms with E-state index in [9.17, 15) is 0 Å². The molecule has 20 heavy (non-hydrogen) atoms. The number of nitrogens with zero attached hydrogens (tertiary/aromatic N) is 1. The van der Waals surface area contributed by atoms with Crippen molar-refractivity contribution in [1.82, 2.24) is 4.90 Å². The van der Waals surface area contributed by atoms with Crippen LogP contribution in [-0.2, 0) is 4.74 Å². The summed E-state index contributed by atoms with van der Waals surface area (Å²) in [4.78, 5) is 2.49. The number of likely N-dealkylation sites (N-methyl/N-ethyl adjacent to an activating group) is 1. The maximum absolute atomic E-state index is 6.20. The molecule has 3 nitrogen and oxygen atoms in total. The van der Waals surface area contributed by atoms with E-state index in [-0.39, 0.29) is 5.54 Å². The van der Waals surface area contributed by atoms with Crippen molar-refractivity contribution in [2.75, 3.05) is 33.4 Å². The van der Waals surface area contributed by atoms with Gasteiger partial charge in [-0.3, -0.25) is 4.90 Å². The molecule has 2 rings (SSSR count). The van der Waals surface area contributed by atoms with Crippen molar-refractivity contribution < 1.29 is 4.74 Å². The van der Waals surface area contributed by atoms with Gasteiger partial charge < -0.3 is 10.5 Å². The van der Waals surface area contributed by atoms with E-state index in [4.69, 9.17) is 10.5 Å². The lowest BCUT2D eigenvalue weighted by atomic mass is 9.63. The maximum Gasteiger partial charge on any atom is 0.0593 e. The normalized spacial score (nSPS) is 33.6. The fraction of sp³-hybridized carbons (Fsp3) is 1.00. The van der Waals surface area contributed by atoms with Crippen LogP contribution in [0.15, 0.2) is 0 Å². The van der Waals surface area contributed by atoms with Gasteiger partial charge in [-0.05, 0) is 56.4 Å². The summed E-state index contributed by atoms with van der Waals surface area (Å²) < 4.78 is 5.80. The quantitative estimate of drug-likeness (QED) is 0.730. The molecular weight excluding hydrogens is 248 g/mol. The largest absolute Gasteiger partial charge is 0.380 e. The molecule has 2 unspecified atom stereocenters. The van der Waals surface area contributed by atoms with Crippen molar-refractivity contribution in [2.24, 2.45) is 23.0 Å². The summed E-state index contributed by atoms with van der Waals surface area (Å²) in [5.74, 6) is 1.52. The van der Waals surface area contributed by atoms with Gasteiger partial charge in [-0.25, -0.2) is 0 Å². The lowest BCUT2D eigenvalue weighted by Gasteiger charge is -2.52. The third-order valence-electron chi connectivity index (χ3n) is 5.75. The van der Waals surface area contributed by atoms with Crippen LogP contribution in [0.5, 0.6) is 0 Å². The van der Waals surface area contributed by atoms with Crippen LogP contribution in [-0.4, -0.2) is 43.8 Å². The SMILES string of the molecule is CC1CC(C)(C)CCC1(CN)N(C)CCOCC1CC1. The minimum atomic E-state index is 0.179. The van der Waals surface area contributed by atoms with Gasteiger partial charge in [0.1, 0.15) is 0 Å². The predicted octanol–water partition coefficient (Wildman–Crippen LogP) is 2.89. The van der Waals surface area contributed by atoms with Gasteiger partial charge >= 0.3 is 0 Å². The lowest BCUT2D eigenvalue weighted by molar-refractivity contribution is -0.0216.